The summed E-state index contributed by atoms with van der Waals surface area (Å²) >= 11 is 0. The Labute approximate surface area is 182 Å². The van der Waals surface area contributed by atoms with Gasteiger partial charge in [0, 0.05) is 0 Å². The fraction of sp³-hybridized carbons (Fsp3) is 0.0370. The maximum atomic E-state index is 5.01. The maximum absolute atomic E-state index is 5.01. The molecule has 0 aliphatic rings. The molecule has 8 rings (SSSR count). The third kappa shape index (κ3) is 1.85. The minimum atomic E-state index is 0.901. The van der Waals surface area contributed by atoms with Crippen molar-refractivity contribution in [2.75, 3.05) is 0 Å². The first kappa shape index (κ1) is 16.3. The lowest BCUT2D eigenvalue weighted by Crippen LogP contribution is -1.88. The average Bonchev–Trinajstić information content (AvgIpc) is 3.53. The van der Waals surface area contributed by atoms with E-state index in [0.717, 1.165) is 50.2 Å². The van der Waals surface area contributed by atoms with Crippen molar-refractivity contribution in [2.24, 2.45) is 0 Å². The number of hydrogen-bond acceptors (Lipinski definition) is 2. The third-order valence-electron chi connectivity index (χ3n) is 6.61. The molecule has 150 valence electrons. The van der Waals surface area contributed by atoms with Gasteiger partial charge in [-0.15, -0.1) is 0 Å². The molecule has 0 atom stereocenters. The van der Waals surface area contributed by atoms with Gasteiger partial charge in [0.05, 0.1) is 33.1 Å². The molecule has 0 unspecified atom stereocenters. The van der Waals surface area contributed by atoms with Crippen LogP contribution in [-0.2, 0) is 0 Å². The number of rotatable bonds is 1. The second-order valence-corrected chi connectivity index (χ2v) is 8.54. The van der Waals surface area contributed by atoms with E-state index in [1.165, 1.54) is 16.7 Å². The van der Waals surface area contributed by atoms with Crippen molar-refractivity contribution in [3.05, 3.63) is 90.5 Å². The van der Waals surface area contributed by atoms with Crippen molar-refractivity contribution in [2.45, 2.75) is 6.92 Å². The van der Waals surface area contributed by atoms with Gasteiger partial charge in [0.25, 0.3) is 0 Å². The normalized spacial score (nSPS) is 12.5. The summed E-state index contributed by atoms with van der Waals surface area (Å²) in [5, 5.41) is 0. The van der Waals surface area contributed by atoms with Gasteiger partial charge in [0.1, 0.15) is 5.52 Å². The number of aromatic nitrogens is 5. The first-order valence-electron chi connectivity index (χ1n) is 10.8. The molecule has 0 bridgehead atoms. The van der Waals surface area contributed by atoms with E-state index in [1.807, 2.05) is 12.1 Å². The SMILES string of the molecule is Cc1cccc(-c2cc3c4c(c2)n2c5ccccc5nc2n4c2nc4ccccc4n32)c1. The average molecular weight is 411 g/mol. The molecular formula is C27H17N5. The zero-order chi connectivity index (χ0) is 21.0. The highest BCUT2D eigenvalue weighted by Gasteiger charge is 2.24. The Kier molecular flexibility index (Phi) is 2.78. The van der Waals surface area contributed by atoms with Gasteiger partial charge in [-0.3, -0.25) is 8.80 Å². The number of nitrogens with zero attached hydrogens (tertiary/aromatic N) is 5. The van der Waals surface area contributed by atoms with Gasteiger partial charge in [-0.05, 0) is 54.4 Å². The van der Waals surface area contributed by atoms with E-state index in [4.69, 9.17) is 9.97 Å². The molecule has 4 aromatic heterocycles. The van der Waals surface area contributed by atoms with Gasteiger partial charge >= 0.3 is 0 Å². The highest BCUT2D eigenvalue weighted by Crippen LogP contribution is 2.37. The van der Waals surface area contributed by atoms with E-state index in [0.29, 0.717) is 0 Å². The van der Waals surface area contributed by atoms with Crippen LogP contribution in [0.4, 0.5) is 0 Å². The first-order valence-corrected chi connectivity index (χ1v) is 10.8. The first-order chi connectivity index (χ1) is 15.8. The molecule has 0 spiro atoms. The topological polar surface area (TPSA) is 39.0 Å². The van der Waals surface area contributed by atoms with E-state index in [1.54, 1.807) is 0 Å². The second-order valence-electron chi connectivity index (χ2n) is 8.54. The minimum Gasteiger partial charge on any atom is -0.276 e. The molecule has 32 heavy (non-hydrogen) atoms. The number of imidazole rings is 4. The summed E-state index contributed by atoms with van der Waals surface area (Å²) in [7, 11) is 0. The fourth-order valence-electron chi connectivity index (χ4n) is 5.26. The van der Waals surface area contributed by atoms with E-state index in [2.05, 4.69) is 92.9 Å². The lowest BCUT2D eigenvalue weighted by molar-refractivity contribution is 1.15. The van der Waals surface area contributed by atoms with E-state index in [-0.39, 0.29) is 0 Å². The fourth-order valence-corrected chi connectivity index (χ4v) is 5.26. The summed E-state index contributed by atoms with van der Waals surface area (Å²) in [6.07, 6.45) is 0. The predicted octanol–water partition coefficient (Wildman–Crippen LogP) is 6.11. The Balaban J connectivity index is 1.68. The van der Waals surface area contributed by atoms with Crippen LogP contribution < -0.4 is 0 Å². The highest BCUT2D eigenvalue weighted by atomic mass is 15.3. The van der Waals surface area contributed by atoms with Gasteiger partial charge < -0.3 is 0 Å². The van der Waals surface area contributed by atoms with Gasteiger partial charge in [0.2, 0.25) is 11.6 Å². The van der Waals surface area contributed by atoms with Crippen molar-refractivity contribution in [3.63, 3.8) is 0 Å². The summed E-state index contributed by atoms with van der Waals surface area (Å²) in [6.45, 7) is 2.14. The van der Waals surface area contributed by atoms with Gasteiger partial charge in [0.15, 0.2) is 0 Å². The molecule has 5 nitrogen and oxygen atoms in total. The molecule has 0 fully saturated rings. The summed E-state index contributed by atoms with van der Waals surface area (Å²) < 4.78 is 6.76. The molecule has 0 N–H and O–H groups in total. The molecule has 5 heteroatoms. The Morgan fingerprint density at radius 3 is 1.72 bits per heavy atom. The lowest BCUT2D eigenvalue weighted by Gasteiger charge is -2.05. The smallest absolute Gasteiger partial charge is 0.223 e. The molecule has 4 aromatic carbocycles. The van der Waals surface area contributed by atoms with E-state index < -0.39 is 0 Å². The van der Waals surface area contributed by atoms with Crippen LogP contribution in [-0.4, -0.2) is 23.2 Å². The molecule has 4 heterocycles. The van der Waals surface area contributed by atoms with Crippen molar-refractivity contribution in [1.82, 2.24) is 23.2 Å². The van der Waals surface area contributed by atoms with Crippen LogP contribution >= 0.6 is 0 Å². The van der Waals surface area contributed by atoms with Crippen molar-refractivity contribution in [3.8, 4) is 11.1 Å². The standard InChI is InChI=1S/C27H17N5/c1-16-7-6-8-17(13-16)18-14-23-25-24(15-18)31-22-12-5-3-10-20(22)29-27(31)32(25)26-28-19-9-2-4-11-21(19)30(23)26/h2-15H,1H3. The molecule has 0 aliphatic carbocycles. The van der Waals surface area contributed by atoms with Gasteiger partial charge in [-0.2, -0.15) is 0 Å². The van der Waals surface area contributed by atoms with Crippen LogP contribution in [0.3, 0.4) is 0 Å². The summed E-state index contributed by atoms with van der Waals surface area (Å²) in [5.74, 6) is 1.80. The van der Waals surface area contributed by atoms with Crippen molar-refractivity contribution < 1.29 is 0 Å². The maximum Gasteiger partial charge on any atom is 0.223 e. The van der Waals surface area contributed by atoms with Crippen LogP contribution in [0.15, 0.2) is 84.9 Å². The van der Waals surface area contributed by atoms with Gasteiger partial charge in [-0.1, -0.05) is 54.1 Å². The minimum absolute atomic E-state index is 0.901. The molecule has 0 saturated heterocycles. The quantitative estimate of drug-likeness (QED) is 0.327. The van der Waals surface area contributed by atoms with Crippen molar-refractivity contribution >= 4 is 50.2 Å². The van der Waals surface area contributed by atoms with Crippen LogP contribution in [0.2, 0.25) is 0 Å². The zero-order valence-corrected chi connectivity index (χ0v) is 17.3. The number of para-hydroxylation sites is 4. The largest absolute Gasteiger partial charge is 0.276 e. The number of hydrogen-bond donors (Lipinski definition) is 0. The number of aryl methyl sites for hydroxylation is 1. The molecule has 0 radical (unpaired) electrons. The molecule has 0 aliphatic heterocycles. The van der Waals surface area contributed by atoms with Crippen LogP contribution in [0.25, 0.3) is 61.3 Å². The van der Waals surface area contributed by atoms with E-state index in [9.17, 15) is 0 Å². The van der Waals surface area contributed by atoms with Gasteiger partial charge in [-0.25, -0.2) is 14.4 Å². The summed E-state index contributed by atoms with van der Waals surface area (Å²) in [4.78, 5) is 10.0. The van der Waals surface area contributed by atoms with E-state index >= 15 is 0 Å². The van der Waals surface area contributed by atoms with Crippen LogP contribution in [0.1, 0.15) is 5.56 Å². The highest BCUT2D eigenvalue weighted by molar-refractivity contribution is 6.05. The Bertz CT molecular complexity index is 1880. The Morgan fingerprint density at radius 1 is 0.531 bits per heavy atom. The Hall–Kier alpha value is -4.38. The summed E-state index contributed by atoms with van der Waals surface area (Å²) in [5.41, 5.74) is 11.3. The molecule has 8 aromatic rings. The van der Waals surface area contributed by atoms with Crippen LogP contribution in [0.5, 0.6) is 0 Å². The molecular weight excluding hydrogens is 394 g/mol. The second kappa shape index (κ2) is 5.45. The molecule has 0 amide bonds. The Morgan fingerprint density at radius 2 is 1.12 bits per heavy atom. The predicted molar refractivity (Wildman–Crippen MR) is 129 cm³/mol. The number of benzene rings is 4. The monoisotopic (exact) mass is 411 g/mol. The summed E-state index contributed by atoms with van der Waals surface area (Å²) in [6, 6.07) is 29.9. The lowest BCUT2D eigenvalue weighted by atomic mass is 10.0. The molecule has 0 saturated carbocycles. The van der Waals surface area contributed by atoms with Crippen molar-refractivity contribution in [1.29, 1.82) is 0 Å². The third-order valence-corrected chi connectivity index (χ3v) is 6.61. The number of fused-ring (bicyclic) bond motifs is 10. The van der Waals surface area contributed by atoms with Crippen LogP contribution in [0, 0.1) is 6.92 Å². The zero-order valence-electron chi connectivity index (χ0n) is 17.3.